The highest BCUT2D eigenvalue weighted by Crippen LogP contribution is 2.36. The van der Waals surface area contributed by atoms with Gasteiger partial charge in [0.2, 0.25) is 0 Å². The van der Waals surface area contributed by atoms with Crippen molar-refractivity contribution in [3.63, 3.8) is 0 Å². The van der Waals surface area contributed by atoms with Gasteiger partial charge in [-0.3, -0.25) is 5.01 Å². The molecule has 6 nitrogen and oxygen atoms in total. The van der Waals surface area contributed by atoms with Crippen LogP contribution in [0.1, 0.15) is 18.9 Å². The first-order chi connectivity index (χ1) is 9.76. The molecular weight excluding hydrogens is 252 g/mol. The number of fused-ring (bicyclic) bond motifs is 2. The monoisotopic (exact) mass is 272 g/mol. The Morgan fingerprint density at radius 1 is 1.35 bits per heavy atom. The maximum atomic E-state index is 6.32. The van der Waals surface area contributed by atoms with Crippen LogP contribution in [0.25, 0.3) is 11.0 Å². The van der Waals surface area contributed by atoms with E-state index in [1.54, 1.807) is 6.20 Å². The van der Waals surface area contributed by atoms with Gasteiger partial charge < -0.3 is 11.5 Å². The van der Waals surface area contributed by atoms with E-state index in [-0.39, 0.29) is 0 Å². The summed E-state index contributed by atoms with van der Waals surface area (Å²) in [4.78, 5) is 9.00. The van der Waals surface area contributed by atoms with E-state index in [0.717, 1.165) is 48.5 Å². The van der Waals surface area contributed by atoms with Crippen molar-refractivity contribution < 1.29 is 0 Å². The largest absolute Gasteiger partial charge is 0.398 e. The molecule has 6 heteroatoms. The molecule has 0 radical (unpaired) electrons. The van der Waals surface area contributed by atoms with Crippen LogP contribution in [0, 0.1) is 0 Å². The molecule has 0 saturated heterocycles. The summed E-state index contributed by atoms with van der Waals surface area (Å²) >= 11 is 0. The van der Waals surface area contributed by atoms with E-state index in [1.807, 2.05) is 12.1 Å². The Labute approximate surface area is 118 Å². The molecule has 0 aliphatic carbocycles. The van der Waals surface area contributed by atoms with Crippen molar-refractivity contribution in [1.82, 2.24) is 15.0 Å². The van der Waals surface area contributed by atoms with E-state index in [0.29, 0.717) is 12.2 Å². The molecule has 0 fully saturated rings. The van der Waals surface area contributed by atoms with E-state index >= 15 is 0 Å². The Balaban J connectivity index is 2.12. The molecule has 0 amide bonds. The van der Waals surface area contributed by atoms with Crippen molar-refractivity contribution in [1.29, 1.82) is 0 Å². The zero-order valence-corrected chi connectivity index (χ0v) is 11.7. The summed E-state index contributed by atoms with van der Waals surface area (Å²) in [7, 11) is 0. The number of hydrazine groups is 1. The summed E-state index contributed by atoms with van der Waals surface area (Å²) < 4.78 is 0. The number of nitrogens with zero attached hydrogens (tertiary/aromatic N) is 4. The Hall–Kier alpha value is -1.92. The smallest absolute Gasteiger partial charge is 0.163 e. The molecule has 0 bridgehead atoms. The highest BCUT2D eigenvalue weighted by atomic mass is 15.7. The van der Waals surface area contributed by atoms with Crippen LogP contribution < -0.4 is 16.5 Å². The van der Waals surface area contributed by atoms with Gasteiger partial charge in [0.25, 0.3) is 0 Å². The van der Waals surface area contributed by atoms with Crippen LogP contribution in [0.15, 0.2) is 18.3 Å². The highest BCUT2D eigenvalue weighted by molar-refractivity contribution is 5.92. The van der Waals surface area contributed by atoms with Gasteiger partial charge in [0.05, 0.1) is 5.69 Å². The molecular formula is C14H20N6. The lowest BCUT2D eigenvalue weighted by Crippen LogP contribution is -2.41. The molecule has 106 valence electrons. The van der Waals surface area contributed by atoms with Crippen LogP contribution in [-0.2, 0) is 6.54 Å². The van der Waals surface area contributed by atoms with Crippen LogP contribution in [0.3, 0.4) is 0 Å². The third-order valence-corrected chi connectivity index (χ3v) is 3.63. The fourth-order valence-corrected chi connectivity index (χ4v) is 2.75. The summed E-state index contributed by atoms with van der Waals surface area (Å²) in [6, 6.07) is 3.86. The van der Waals surface area contributed by atoms with Crippen molar-refractivity contribution in [2.75, 3.05) is 30.4 Å². The van der Waals surface area contributed by atoms with Crippen molar-refractivity contribution in [2.24, 2.45) is 5.73 Å². The van der Waals surface area contributed by atoms with Crippen LogP contribution >= 0.6 is 0 Å². The van der Waals surface area contributed by atoms with Gasteiger partial charge >= 0.3 is 0 Å². The minimum atomic E-state index is 0.585. The van der Waals surface area contributed by atoms with Gasteiger partial charge in [-0.1, -0.05) is 6.92 Å². The minimum Gasteiger partial charge on any atom is -0.398 e. The number of nitrogens with two attached hydrogens (primary N) is 2. The van der Waals surface area contributed by atoms with Gasteiger partial charge in [-0.05, 0) is 18.6 Å². The molecule has 0 atom stereocenters. The molecule has 0 unspecified atom stereocenters. The van der Waals surface area contributed by atoms with Gasteiger partial charge in [-0.25, -0.2) is 15.0 Å². The van der Waals surface area contributed by atoms with Crippen LogP contribution in [-0.4, -0.2) is 34.6 Å². The lowest BCUT2D eigenvalue weighted by atomic mass is 10.1. The molecule has 4 N–H and O–H groups in total. The molecule has 1 aliphatic heterocycles. The number of hydrogen-bond donors (Lipinski definition) is 2. The number of pyridine rings is 2. The normalized spacial score (nSPS) is 15.0. The topological polar surface area (TPSA) is 84.3 Å². The second-order valence-electron chi connectivity index (χ2n) is 5.00. The lowest BCUT2D eigenvalue weighted by Gasteiger charge is -2.28. The maximum absolute atomic E-state index is 6.32. The SMILES string of the molecule is CCCN1Cc2c(nc3ncccc3c2N)N1CCN. The van der Waals surface area contributed by atoms with E-state index in [1.165, 1.54) is 0 Å². The molecule has 2 aromatic rings. The van der Waals surface area contributed by atoms with Crippen LogP contribution in [0.2, 0.25) is 0 Å². The van der Waals surface area contributed by atoms with Gasteiger partial charge in [0.1, 0.15) is 0 Å². The first-order valence-corrected chi connectivity index (χ1v) is 7.01. The van der Waals surface area contributed by atoms with Gasteiger partial charge in [-0.2, -0.15) is 0 Å². The molecule has 3 rings (SSSR count). The Morgan fingerprint density at radius 2 is 2.20 bits per heavy atom. The van der Waals surface area contributed by atoms with E-state index in [2.05, 4.69) is 26.9 Å². The van der Waals surface area contributed by atoms with Crippen LogP contribution in [0.5, 0.6) is 0 Å². The number of nitrogen functional groups attached to an aromatic ring is 1. The quantitative estimate of drug-likeness (QED) is 0.867. The summed E-state index contributed by atoms with van der Waals surface area (Å²) in [5.41, 5.74) is 14.6. The Morgan fingerprint density at radius 3 is 2.95 bits per heavy atom. The van der Waals surface area contributed by atoms with Crippen molar-refractivity contribution in [2.45, 2.75) is 19.9 Å². The molecule has 1 aliphatic rings. The Kier molecular flexibility index (Phi) is 3.42. The standard InChI is InChI=1S/C14H20N6/c1-2-7-19-9-11-12(16)10-4-3-6-17-13(10)18-14(11)20(19)8-5-15/h3-4,6H,2,5,7-9,15H2,1H3,(H2,16,17,18). The second-order valence-corrected chi connectivity index (χ2v) is 5.00. The molecule has 2 aromatic heterocycles. The third-order valence-electron chi connectivity index (χ3n) is 3.63. The lowest BCUT2D eigenvalue weighted by molar-refractivity contribution is 0.264. The molecule has 0 spiro atoms. The zero-order valence-electron chi connectivity index (χ0n) is 11.7. The number of rotatable bonds is 4. The second kappa shape index (κ2) is 5.22. The van der Waals surface area contributed by atoms with E-state index in [9.17, 15) is 0 Å². The van der Waals surface area contributed by atoms with E-state index < -0.39 is 0 Å². The summed E-state index contributed by atoms with van der Waals surface area (Å²) in [5.74, 6) is 0.910. The molecule has 20 heavy (non-hydrogen) atoms. The van der Waals surface area contributed by atoms with Gasteiger partial charge in [0.15, 0.2) is 11.5 Å². The summed E-state index contributed by atoms with van der Waals surface area (Å²) in [6.45, 7) is 5.27. The fourth-order valence-electron chi connectivity index (χ4n) is 2.75. The van der Waals surface area contributed by atoms with Crippen LogP contribution in [0.4, 0.5) is 11.5 Å². The van der Waals surface area contributed by atoms with Crippen molar-refractivity contribution in [3.05, 3.63) is 23.9 Å². The molecule has 0 aromatic carbocycles. The Bertz CT molecular complexity index is 626. The maximum Gasteiger partial charge on any atom is 0.163 e. The fraction of sp³-hybridized carbons (Fsp3) is 0.429. The van der Waals surface area contributed by atoms with Gasteiger partial charge in [-0.15, -0.1) is 0 Å². The third kappa shape index (κ3) is 1.97. The first-order valence-electron chi connectivity index (χ1n) is 7.01. The molecule has 0 saturated carbocycles. The highest BCUT2D eigenvalue weighted by Gasteiger charge is 2.30. The van der Waals surface area contributed by atoms with E-state index in [4.69, 9.17) is 11.5 Å². The van der Waals surface area contributed by atoms with Gasteiger partial charge in [0, 0.05) is 43.3 Å². The number of hydrogen-bond acceptors (Lipinski definition) is 6. The minimum absolute atomic E-state index is 0.585. The molecule has 3 heterocycles. The number of anilines is 2. The average Bonchev–Trinajstić information content (AvgIpc) is 2.79. The van der Waals surface area contributed by atoms with Crippen molar-refractivity contribution >= 4 is 22.5 Å². The summed E-state index contributed by atoms with van der Waals surface area (Å²) in [6.07, 6.45) is 2.82. The first kappa shape index (κ1) is 13.1. The number of aromatic nitrogens is 2. The van der Waals surface area contributed by atoms with Crippen molar-refractivity contribution in [3.8, 4) is 0 Å². The predicted octanol–water partition coefficient (Wildman–Crippen LogP) is 1.12. The zero-order chi connectivity index (χ0) is 14.1. The summed E-state index contributed by atoms with van der Waals surface area (Å²) in [5, 5.41) is 5.33. The predicted molar refractivity (Wildman–Crippen MR) is 81.1 cm³/mol. The average molecular weight is 272 g/mol.